The van der Waals surface area contributed by atoms with Crippen LogP contribution in [0.1, 0.15) is 23.6 Å². The van der Waals surface area contributed by atoms with E-state index in [4.69, 9.17) is 5.73 Å². The maximum atomic E-state index is 5.99. The minimum Gasteiger partial charge on any atom is -0.370 e. The molecular formula is C18H23BrN2. The van der Waals surface area contributed by atoms with Crippen LogP contribution in [0.2, 0.25) is 0 Å². The molecule has 0 bridgehead atoms. The average molecular weight is 347 g/mol. The van der Waals surface area contributed by atoms with Gasteiger partial charge in [0.25, 0.3) is 0 Å². The maximum Gasteiger partial charge on any atom is 0.0426 e. The molecule has 3 heteroatoms. The second-order valence-electron chi connectivity index (χ2n) is 5.80. The smallest absolute Gasteiger partial charge is 0.0426 e. The van der Waals surface area contributed by atoms with Crippen molar-refractivity contribution in [1.29, 1.82) is 0 Å². The predicted octanol–water partition coefficient (Wildman–Crippen LogP) is 4.28. The molecule has 2 rings (SSSR count). The third-order valence-electron chi connectivity index (χ3n) is 3.50. The second kappa shape index (κ2) is 7.10. The van der Waals surface area contributed by atoms with Crippen LogP contribution >= 0.6 is 15.9 Å². The molecule has 1 atom stereocenters. The summed E-state index contributed by atoms with van der Waals surface area (Å²) in [6, 6.07) is 15.2. The van der Waals surface area contributed by atoms with Crippen LogP contribution in [0.15, 0.2) is 46.9 Å². The monoisotopic (exact) mass is 346 g/mol. The molecule has 2 aromatic carbocycles. The molecular weight excluding hydrogens is 324 g/mol. The minimum absolute atomic E-state index is 0.171. The van der Waals surface area contributed by atoms with Crippen LogP contribution < -0.4 is 10.6 Å². The Labute approximate surface area is 136 Å². The summed E-state index contributed by atoms with van der Waals surface area (Å²) in [5.74, 6) is 0. The fourth-order valence-corrected chi connectivity index (χ4v) is 3.04. The summed E-state index contributed by atoms with van der Waals surface area (Å²) in [5, 5.41) is 0. The van der Waals surface area contributed by atoms with E-state index in [-0.39, 0.29) is 6.04 Å². The molecule has 0 aliphatic heterocycles. The Hall–Kier alpha value is -1.32. The third kappa shape index (κ3) is 4.58. The number of aryl methyl sites for hydroxylation is 1. The Bertz CT molecular complexity index is 608. The molecule has 0 aromatic heterocycles. The highest BCUT2D eigenvalue weighted by Crippen LogP contribution is 2.24. The molecule has 1 unspecified atom stereocenters. The van der Waals surface area contributed by atoms with Crippen molar-refractivity contribution in [3.05, 3.63) is 63.6 Å². The van der Waals surface area contributed by atoms with E-state index in [0.29, 0.717) is 0 Å². The highest BCUT2D eigenvalue weighted by molar-refractivity contribution is 9.10. The quantitative estimate of drug-likeness (QED) is 0.875. The van der Waals surface area contributed by atoms with Gasteiger partial charge in [0, 0.05) is 29.8 Å². The molecule has 0 saturated heterocycles. The molecule has 2 N–H and O–H groups in total. The fraction of sp³-hybridized carbons (Fsp3) is 0.333. The van der Waals surface area contributed by atoms with Gasteiger partial charge in [-0.3, -0.25) is 0 Å². The second-order valence-corrected chi connectivity index (χ2v) is 6.72. The van der Waals surface area contributed by atoms with E-state index in [1.165, 1.54) is 22.4 Å². The Morgan fingerprint density at radius 2 is 1.95 bits per heavy atom. The van der Waals surface area contributed by atoms with Crippen LogP contribution in [0.3, 0.4) is 0 Å². The third-order valence-corrected chi connectivity index (χ3v) is 3.99. The molecule has 0 fully saturated rings. The Balaban J connectivity index is 2.23. The Kier molecular flexibility index (Phi) is 5.43. The predicted molar refractivity (Wildman–Crippen MR) is 94.8 cm³/mol. The lowest BCUT2D eigenvalue weighted by molar-refractivity contribution is 0.733. The van der Waals surface area contributed by atoms with Crippen LogP contribution in [0.4, 0.5) is 5.69 Å². The zero-order valence-corrected chi connectivity index (χ0v) is 14.5. The summed E-state index contributed by atoms with van der Waals surface area (Å²) in [7, 11) is 2.14. The van der Waals surface area contributed by atoms with Crippen molar-refractivity contribution < 1.29 is 0 Å². The van der Waals surface area contributed by atoms with Gasteiger partial charge in [0.15, 0.2) is 0 Å². The lowest BCUT2D eigenvalue weighted by atomic mass is 10.0. The first-order chi connectivity index (χ1) is 9.95. The van der Waals surface area contributed by atoms with E-state index < -0.39 is 0 Å². The number of hydrogen-bond donors (Lipinski definition) is 1. The number of anilines is 1. The fourth-order valence-electron chi connectivity index (χ4n) is 2.59. The minimum atomic E-state index is 0.171. The largest absolute Gasteiger partial charge is 0.370 e. The summed E-state index contributed by atoms with van der Waals surface area (Å²) in [5.41, 5.74) is 11.1. The van der Waals surface area contributed by atoms with Crippen molar-refractivity contribution >= 4 is 21.6 Å². The summed E-state index contributed by atoms with van der Waals surface area (Å²) in [6.45, 7) is 5.07. The standard InChI is InChI=1S/C18H23BrN2/c1-13-7-8-18(16(9-13)10-14(2)20)21(3)12-15-5-4-6-17(19)11-15/h4-9,11,14H,10,12,20H2,1-3H3. The van der Waals surface area contributed by atoms with Gasteiger partial charge in [0.05, 0.1) is 0 Å². The zero-order chi connectivity index (χ0) is 15.4. The van der Waals surface area contributed by atoms with Crippen LogP contribution in [0, 0.1) is 6.92 Å². The zero-order valence-electron chi connectivity index (χ0n) is 12.9. The van der Waals surface area contributed by atoms with E-state index >= 15 is 0 Å². The van der Waals surface area contributed by atoms with Crippen LogP contribution in [0.25, 0.3) is 0 Å². The van der Waals surface area contributed by atoms with E-state index in [0.717, 1.165) is 17.4 Å². The average Bonchev–Trinajstić information content (AvgIpc) is 2.37. The van der Waals surface area contributed by atoms with Crippen molar-refractivity contribution in [2.24, 2.45) is 5.73 Å². The van der Waals surface area contributed by atoms with Gasteiger partial charge < -0.3 is 10.6 Å². The van der Waals surface area contributed by atoms with Gasteiger partial charge in [0.2, 0.25) is 0 Å². The lowest BCUT2D eigenvalue weighted by Crippen LogP contribution is -2.22. The molecule has 0 saturated carbocycles. The van der Waals surface area contributed by atoms with Gasteiger partial charge in [0.1, 0.15) is 0 Å². The summed E-state index contributed by atoms with van der Waals surface area (Å²) >= 11 is 3.53. The lowest BCUT2D eigenvalue weighted by Gasteiger charge is -2.24. The van der Waals surface area contributed by atoms with E-state index in [9.17, 15) is 0 Å². The van der Waals surface area contributed by atoms with Gasteiger partial charge in [-0.15, -0.1) is 0 Å². The summed E-state index contributed by atoms with van der Waals surface area (Å²) < 4.78 is 1.12. The highest BCUT2D eigenvalue weighted by atomic mass is 79.9. The van der Waals surface area contributed by atoms with Gasteiger partial charge >= 0.3 is 0 Å². The first-order valence-corrected chi connectivity index (χ1v) is 8.05. The van der Waals surface area contributed by atoms with E-state index in [2.05, 4.69) is 84.2 Å². The van der Waals surface area contributed by atoms with Crippen molar-refractivity contribution in [1.82, 2.24) is 0 Å². The van der Waals surface area contributed by atoms with Crippen LogP contribution in [-0.2, 0) is 13.0 Å². The van der Waals surface area contributed by atoms with Crippen molar-refractivity contribution in [3.8, 4) is 0 Å². The van der Waals surface area contributed by atoms with Crippen LogP contribution in [-0.4, -0.2) is 13.1 Å². The van der Waals surface area contributed by atoms with E-state index in [1.807, 2.05) is 0 Å². The molecule has 0 aliphatic carbocycles. The molecule has 2 aromatic rings. The Morgan fingerprint density at radius 3 is 2.62 bits per heavy atom. The molecule has 112 valence electrons. The van der Waals surface area contributed by atoms with Gasteiger partial charge in [-0.1, -0.05) is 45.8 Å². The van der Waals surface area contributed by atoms with E-state index in [1.54, 1.807) is 0 Å². The first-order valence-electron chi connectivity index (χ1n) is 7.26. The van der Waals surface area contributed by atoms with Crippen LogP contribution in [0.5, 0.6) is 0 Å². The number of nitrogens with zero attached hydrogens (tertiary/aromatic N) is 1. The topological polar surface area (TPSA) is 29.3 Å². The molecule has 0 aliphatic rings. The van der Waals surface area contributed by atoms with Crippen molar-refractivity contribution in [3.63, 3.8) is 0 Å². The molecule has 0 amide bonds. The van der Waals surface area contributed by atoms with Crippen molar-refractivity contribution in [2.45, 2.75) is 32.9 Å². The first kappa shape index (κ1) is 16.1. The molecule has 0 radical (unpaired) electrons. The number of halogens is 1. The molecule has 2 nitrogen and oxygen atoms in total. The van der Waals surface area contributed by atoms with Crippen molar-refractivity contribution in [2.75, 3.05) is 11.9 Å². The molecule has 0 spiro atoms. The maximum absolute atomic E-state index is 5.99. The number of nitrogens with two attached hydrogens (primary N) is 1. The SMILES string of the molecule is Cc1ccc(N(C)Cc2cccc(Br)c2)c(CC(C)N)c1. The molecule has 0 heterocycles. The number of rotatable bonds is 5. The normalized spacial score (nSPS) is 12.2. The molecule has 21 heavy (non-hydrogen) atoms. The van der Waals surface area contributed by atoms with Gasteiger partial charge in [-0.25, -0.2) is 0 Å². The van der Waals surface area contributed by atoms with Gasteiger partial charge in [-0.2, -0.15) is 0 Å². The summed E-state index contributed by atoms with van der Waals surface area (Å²) in [4.78, 5) is 2.29. The highest BCUT2D eigenvalue weighted by Gasteiger charge is 2.10. The van der Waals surface area contributed by atoms with Gasteiger partial charge in [-0.05, 0) is 49.6 Å². The number of benzene rings is 2. The number of hydrogen-bond acceptors (Lipinski definition) is 2. The Morgan fingerprint density at radius 1 is 1.19 bits per heavy atom. The summed E-state index contributed by atoms with van der Waals surface area (Å²) in [6.07, 6.45) is 0.903.